The molecule has 0 aliphatic carbocycles. The lowest BCUT2D eigenvalue weighted by Gasteiger charge is -2.16. The Kier molecular flexibility index (Phi) is 5.66. The molecule has 0 saturated carbocycles. The number of ether oxygens (including phenoxy) is 1. The number of hydrogen-bond donors (Lipinski definition) is 0. The lowest BCUT2D eigenvalue weighted by molar-refractivity contribution is 0.0649. The molecule has 2 amide bonds. The Morgan fingerprint density at radius 2 is 1.27 bits per heavy atom. The third-order valence-corrected chi connectivity index (χ3v) is 5.55. The molecule has 3 aromatic carbocycles. The van der Waals surface area contributed by atoms with Gasteiger partial charge in [0.15, 0.2) is 0 Å². The second-order valence-electron chi connectivity index (χ2n) is 7.63. The summed E-state index contributed by atoms with van der Waals surface area (Å²) in [6.07, 6.45) is 1.46. The fourth-order valence-electron chi connectivity index (χ4n) is 4.03. The summed E-state index contributed by atoms with van der Waals surface area (Å²) in [6.45, 7) is 5.17. The lowest BCUT2D eigenvalue weighted by Crippen LogP contribution is -2.30. The van der Waals surface area contributed by atoms with Gasteiger partial charge in [-0.25, -0.2) is 0 Å². The van der Waals surface area contributed by atoms with Gasteiger partial charge in [0.25, 0.3) is 11.8 Å². The minimum absolute atomic E-state index is 0.197. The molecule has 4 nitrogen and oxygen atoms in total. The van der Waals surface area contributed by atoms with Gasteiger partial charge < -0.3 is 4.74 Å². The van der Waals surface area contributed by atoms with Crippen molar-refractivity contribution in [1.82, 2.24) is 4.90 Å². The van der Waals surface area contributed by atoms with Crippen molar-refractivity contribution < 1.29 is 14.3 Å². The molecule has 0 fully saturated rings. The fourth-order valence-corrected chi connectivity index (χ4v) is 4.03. The summed E-state index contributed by atoms with van der Waals surface area (Å²) < 4.78 is 6.09. The number of amides is 2. The molecule has 1 heterocycles. The molecule has 0 unspecified atom stereocenters. The third kappa shape index (κ3) is 3.73. The molecule has 1 aliphatic heterocycles. The lowest BCUT2D eigenvalue weighted by atomic mass is 9.95. The summed E-state index contributed by atoms with van der Waals surface area (Å²) in [5.74, 6) is 0.462. The van der Waals surface area contributed by atoms with Crippen LogP contribution in [0.25, 0.3) is 11.1 Å². The number of nitrogens with zero attached hydrogens (tertiary/aromatic N) is 1. The number of aryl methyl sites for hydroxylation is 2. The molecule has 4 heteroatoms. The zero-order valence-corrected chi connectivity index (χ0v) is 17.4. The zero-order valence-electron chi connectivity index (χ0n) is 17.4. The quantitative estimate of drug-likeness (QED) is 0.393. The second kappa shape index (κ2) is 8.54. The molecule has 152 valence electrons. The Morgan fingerprint density at radius 1 is 0.700 bits per heavy atom. The summed E-state index contributed by atoms with van der Waals surface area (Å²) in [5, 5.41) is 0. The SMILES string of the molecule is Cc1cccc(C)c1-c1ccccc1OCCCCN1C(=O)c2ccccc2C1=O. The smallest absolute Gasteiger partial charge is 0.261 e. The monoisotopic (exact) mass is 399 g/mol. The first-order valence-corrected chi connectivity index (χ1v) is 10.3. The number of carbonyl (C=O) groups is 2. The van der Waals surface area contributed by atoms with E-state index in [1.807, 2.05) is 18.2 Å². The number of rotatable bonds is 7. The first kappa shape index (κ1) is 19.9. The van der Waals surface area contributed by atoms with Crippen LogP contribution in [0.2, 0.25) is 0 Å². The van der Waals surface area contributed by atoms with E-state index in [1.165, 1.54) is 21.6 Å². The maximum atomic E-state index is 12.4. The Hall–Kier alpha value is -3.40. The molecule has 30 heavy (non-hydrogen) atoms. The van der Waals surface area contributed by atoms with E-state index in [9.17, 15) is 9.59 Å². The van der Waals surface area contributed by atoms with Crippen LogP contribution in [-0.2, 0) is 0 Å². The number of carbonyl (C=O) groups excluding carboxylic acids is 2. The number of benzene rings is 3. The molecule has 0 spiro atoms. The highest BCUT2D eigenvalue weighted by atomic mass is 16.5. The number of para-hydroxylation sites is 1. The van der Waals surface area contributed by atoms with Gasteiger partial charge in [-0.05, 0) is 61.6 Å². The topological polar surface area (TPSA) is 46.6 Å². The molecule has 0 radical (unpaired) electrons. The third-order valence-electron chi connectivity index (χ3n) is 5.55. The Balaban J connectivity index is 1.36. The van der Waals surface area contributed by atoms with E-state index in [-0.39, 0.29) is 11.8 Å². The zero-order chi connectivity index (χ0) is 21.1. The van der Waals surface area contributed by atoms with Crippen molar-refractivity contribution in [3.8, 4) is 16.9 Å². The average Bonchev–Trinajstić information content (AvgIpc) is 2.99. The predicted molar refractivity (Wildman–Crippen MR) is 118 cm³/mol. The average molecular weight is 399 g/mol. The van der Waals surface area contributed by atoms with Gasteiger partial charge in [0.05, 0.1) is 17.7 Å². The van der Waals surface area contributed by atoms with Crippen molar-refractivity contribution in [1.29, 1.82) is 0 Å². The standard InChI is InChI=1S/C26H25NO3/c1-18-10-9-11-19(2)24(18)22-14-5-6-15-23(22)30-17-8-7-16-27-25(28)20-12-3-4-13-21(20)26(27)29/h3-6,9-15H,7-8,16-17H2,1-2H3. The Bertz CT molecular complexity index is 1050. The number of fused-ring (bicyclic) bond motifs is 1. The van der Waals surface area contributed by atoms with Crippen molar-refractivity contribution in [3.63, 3.8) is 0 Å². The summed E-state index contributed by atoms with van der Waals surface area (Å²) in [5.41, 5.74) is 5.74. The van der Waals surface area contributed by atoms with Crippen LogP contribution in [0.15, 0.2) is 66.7 Å². The highest BCUT2D eigenvalue weighted by Crippen LogP contribution is 2.34. The highest BCUT2D eigenvalue weighted by Gasteiger charge is 2.34. The van der Waals surface area contributed by atoms with E-state index in [2.05, 4.69) is 38.1 Å². The number of imide groups is 1. The normalized spacial score (nSPS) is 12.9. The minimum Gasteiger partial charge on any atom is -0.493 e. The van der Waals surface area contributed by atoms with E-state index >= 15 is 0 Å². The van der Waals surface area contributed by atoms with Gasteiger partial charge >= 0.3 is 0 Å². The van der Waals surface area contributed by atoms with E-state index in [4.69, 9.17) is 4.74 Å². The van der Waals surface area contributed by atoms with Gasteiger partial charge in [-0.15, -0.1) is 0 Å². The van der Waals surface area contributed by atoms with Crippen LogP contribution in [0.3, 0.4) is 0 Å². The van der Waals surface area contributed by atoms with Crippen LogP contribution in [-0.4, -0.2) is 29.9 Å². The fraction of sp³-hybridized carbons (Fsp3) is 0.231. The van der Waals surface area contributed by atoms with Crippen molar-refractivity contribution in [2.45, 2.75) is 26.7 Å². The second-order valence-corrected chi connectivity index (χ2v) is 7.63. The molecule has 0 saturated heterocycles. The first-order valence-electron chi connectivity index (χ1n) is 10.3. The minimum atomic E-state index is -0.197. The van der Waals surface area contributed by atoms with Gasteiger partial charge in [-0.1, -0.05) is 48.5 Å². The van der Waals surface area contributed by atoms with Crippen molar-refractivity contribution in [2.24, 2.45) is 0 Å². The molecule has 4 rings (SSSR count). The number of hydrogen-bond acceptors (Lipinski definition) is 3. The maximum absolute atomic E-state index is 12.4. The summed E-state index contributed by atoms with van der Waals surface area (Å²) in [4.78, 5) is 26.2. The van der Waals surface area contributed by atoms with Crippen LogP contribution >= 0.6 is 0 Å². The van der Waals surface area contributed by atoms with E-state index in [1.54, 1.807) is 24.3 Å². The first-order chi connectivity index (χ1) is 14.6. The summed E-state index contributed by atoms with van der Waals surface area (Å²) in [7, 11) is 0. The van der Waals surface area contributed by atoms with Gasteiger partial charge in [-0.2, -0.15) is 0 Å². The van der Waals surface area contributed by atoms with Crippen LogP contribution < -0.4 is 4.74 Å². The molecule has 0 atom stereocenters. The van der Waals surface area contributed by atoms with Gasteiger partial charge in [0.1, 0.15) is 5.75 Å². The molecule has 0 bridgehead atoms. The molecule has 0 aromatic heterocycles. The van der Waals surface area contributed by atoms with E-state index < -0.39 is 0 Å². The van der Waals surface area contributed by atoms with Crippen LogP contribution in [0.4, 0.5) is 0 Å². The van der Waals surface area contributed by atoms with E-state index in [0.29, 0.717) is 30.7 Å². The molecule has 3 aromatic rings. The number of unbranched alkanes of at least 4 members (excludes halogenated alkanes) is 1. The Morgan fingerprint density at radius 3 is 1.90 bits per heavy atom. The van der Waals surface area contributed by atoms with Crippen LogP contribution in [0.5, 0.6) is 5.75 Å². The predicted octanol–water partition coefficient (Wildman–Crippen LogP) is 5.43. The van der Waals surface area contributed by atoms with Crippen molar-refractivity contribution >= 4 is 11.8 Å². The van der Waals surface area contributed by atoms with Crippen molar-refractivity contribution in [2.75, 3.05) is 13.2 Å². The molecule has 0 N–H and O–H groups in total. The van der Waals surface area contributed by atoms with Crippen LogP contribution in [0.1, 0.15) is 44.7 Å². The van der Waals surface area contributed by atoms with Gasteiger partial charge in [-0.3, -0.25) is 14.5 Å². The highest BCUT2D eigenvalue weighted by molar-refractivity contribution is 6.21. The van der Waals surface area contributed by atoms with Gasteiger partial charge in [0, 0.05) is 12.1 Å². The van der Waals surface area contributed by atoms with Crippen LogP contribution in [0, 0.1) is 13.8 Å². The molecule has 1 aliphatic rings. The van der Waals surface area contributed by atoms with Crippen molar-refractivity contribution in [3.05, 3.63) is 89.0 Å². The van der Waals surface area contributed by atoms with Gasteiger partial charge in [0.2, 0.25) is 0 Å². The van der Waals surface area contributed by atoms with E-state index in [0.717, 1.165) is 17.7 Å². The molecular weight excluding hydrogens is 374 g/mol. The summed E-state index contributed by atoms with van der Waals surface area (Å²) >= 11 is 0. The Labute approximate surface area is 177 Å². The molecular formula is C26H25NO3. The summed E-state index contributed by atoms with van der Waals surface area (Å²) in [6, 6.07) is 21.4. The largest absolute Gasteiger partial charge is 0.493 e. The maximum Gasteiger partial charge on any atom is 0.261 e.